The van der Waals surface area contributed by atoms with E-state index in [4.69, 9.17) is 9.97 Å². The number of aromatic nitrogens is 4. The molecule has 7 aromatic rings. The van der Waals surface area contributed by atoms with E-state index in [1.54, 1.807) is 6.20 Å². The van der Waals surface area contributed by atoms with Crippen molar-refractivity contribution in [1.29, 1.82) is 0 Å². The molecule has 3 aromatic heterocycles. The fourth-order valence-electron chi connectivity index (χ4n) is 4.87. The van der Waals surface area contributed by atoms with Gasteiger partial charge in [0.1, 0.15) is 0 Å². The zero-order valence-corrected chi connectivity index (χ0v) is 18.8. The summed E-state index contributed by atoms with van der Waals surface area (Å²) in [6, 6.07) is 39.7. The highest BCUT2D eigenvalue weighted by Crippen LogP contribution is 2.33. The maximum absolute atomic E-state index is 4.98. The summed E-state index contributed by atoms with van der Waals surface area (Å²) < 4.78 is 2.31. The predicted octanol–water partition coefficient (Wildman–Crippen LogP) is 7.46. The normalized spacial score (nSPS) is 11.4. The monoisotopic (exact) mass is 448 g/mol. The molecule has 0 amide bonds. The van der Waals surface area contributed by atoms with Gasteiger partial charge in [-0.2, -0.15) is 0 Å². The maximum Gasteiger partial charge on any atom is 0.163 e. The number of rotatable bonds is 3. The van der Waals surface area contributed by atoms with Crippen molar-refractivity contribution in [2.24, 2.45) is 0 Å². The smallest absolute Gasteiger partial charge is 0.163 e. The van der Waals surface area contributed by atoms with Gasteiger partial charge in [0.2, 0.25) is 0 Å². The molecule has 35 heavy (non-hydrogen) atoms. The van der Waals surface area contributed by atoms with Crippen LogP contribution in [0.25, 0.3) is 61.2 Å². The van der Waals surface area contributed by atoms with E-state index in [1.165, 1.54) is 21.8 Å². The molecule has 0 aliphatic rings. The van der Waals surface area contributed by atoms with E-state index in [2.05, 4.69) is 94.5 Å². The van der Waals surface area contributed by atoms with Gasteiger partial charge in [0.25, 0.3) is 0 Å². The Labute approximate surface area is 202 Å². The first-order valence-electron chi connectivity index (χ1n) is 11.6. The third-order valence-electron chi connectivity index (χ3n) is 6.48. The number of fused-ring (bicyclic) bond motifs is 4. The summed E-state index contributed by atoms with van der Waals surface area (Å²) in [6.45, 7) is 0. The van der Waals surface area contributed by atoms with Gasteiger partial charge in [-0.25, -0.2) is 15.0 Å². The number of benzene rings is 4. The number of hydrogen-bond donors (Lipinski definition) is 0. The van der Waals surface area contributed by atoms with E-state index in [1.807, 2.05) is 30.3 Å². The molecule has 3 heterocycles. The fraction of sp³-hybridized carbons (Fsp3) is 0. The molecule has 0 fully saturated rings. The Hall–Kier alpha value is -4.83. The van der Waals surface area contributed by atoms with E-state index < -0.39 is 0 Å². The zero-order valence-electron chi connectivity index (χ0n) is 18.8. The molecular formula is C31H20N4. The second-order valence-electron chi connectivity index (χ2n) is 8.55. The van der Waals surface area contributed by atoms with E-state index in [0.717, 1.165) is 27.9 Å². The molecule has 0 aliphatic heterocycles. The highest BCUT2D eigenvalue weighted by Gasteiger charge is 2.14. The van der Waals surface area contributed by atoms with Crippen molar-refractivity contribution >= 4 is 32.8 Å². The number of pyridine rings is 1. The number of hydrogen-bond acceptors (Lipinski definition) is 3. The molecule has 0 atom stereocenters. The minimum absolute atomic E-state index is 0.670. The Morgan fingerprint density at radius 1 is 0.486 bits per heavy atom. The van der Waals surface area contributed by atoms with Gasteiger partial charge < -0.3 is 4.57 Å². The summed E-state index contributed by atoms with van der Waals surface area (Å²) in [4.78, 5) is 14.3. The Kier molecular flexibility index (Phi) is 4.42. The van der Waals surface area contributed by atoms with Crippen LogP contribution in [0.5, 0.6) is 0 Å². The van der Waals surface area contributed by atoms with Crippen molar-refractivity contribution in [3.05, 3.63) is 121 Å². The molecule has 7 rings (SSSR count). The lowest BCUT2D eigenvalue weighted by atomic mass is 10.1. The van der Waals surface area contributed by atoms with E-state index in [-0.39, 0.29) is 0 Å². The van der Waals surface area contributed by atoms with Crippen LogP contribution in [0.3, 0.4) is 0 Å². The van der Waals surface area contributed by atoms with Crippen LogP contribution in [-0.2, 0) is 0 Å². The van der Waals surface area contributed by atoms with Gasteiger partial charge in [-0.1, -0.05) is 66.7 Å². The van der Waals surface area contributed by atoms with Gasteiger partial charge in [-0.15, -0.1) is 0 Å². The lowest BCUT2D eigenvalue weighted by Crippen LogP contribution is -1.97. The molecule has 0 bridgehead atoms. The highest BCUT2D eigenvalue weighted by molar-refractivity contribution is 6.09. The molecule has 0 spiro atoms. The van der Waals surface area contributed by atoms with Crippen molar-refractivity contribution in [1.82, 2.24) is 19.5 Å². The van der Waals surface area contributed by atoms with E-state index in [9.17, 15) is 0 Å². The third-order valence-corrected chi connectivity index (χ3v) is 6.48. The zero-order chi connectivity index (χ0) is 23.2. The van der Waals surface area contributed by atoms with Gasteiger partial charge in [0.05, 0.1) is 16.7 Å². The summed E-state index contributed by atoms with van der Waals surface area (Å²) in [5.74, 6) is 0.670. The van der Waals surface area contributed by atoms with Crippen molar-refractivity contribution < 1.29 is 0 Å². The second-order valence-corrected chi connectivity index (χ2v) is 8.55. The summed E-state index contributed by atoms with van der Waals surface area (Å²) in [5.41, 5.74) is 7.09. The maximum atomic E-state index is 4.98. The predicted molar refractivity (Wildman–Crippen MR) is 143 cm³/mol. The minimum atomic E-state index is 0.670. The molecular weight excluding hydrogens is 428 g/mol. The topological polar surface area (TPSA) is 43.6 Å². The molecule has 0 saturated heterocycles. The summed E-state index contributed by atoms with van der Waals surface area (Å²) in [5, 5.41) is 3.46. The van der Waals surface area contributed by atoms with Crippen LogP contribution < -0.4 is 0 Å². The van der Waals surface area contributed by atoms with Crippen LogP contribution in [-0.4, -0.2) is 19.5 Å². The SMILES string of the molecule is c1ccc(-c2nc(-c3ccc(-n4c5ccccc5c5ccccc54)cc3)nc3ncccc23)cc1. The molecule has 0 N–H and O–H groups in total. The molecule has 4 aromatic carbocycles. The third kappa shape index (κ3) is 3.19. The van der Waals surface area contributed by atoms with Crippen LogP contribution in [0.4, 0.5) is 0 Å². The van der Waals surface area contributed by atoms with Crippen LogP contribution in [0.2, 0.25) is 0 Å². The number of para-hydroxylation sites is 2. The van der Waals surface area contributed by atoms with Crippen LogP contribution in [0.15, 0.2) is 121 Å². The average Bonchev–Trinajstić information content (AvgIpc) is 3.27. The Bertz CT molecular complexity index is 1780. The first kappa shape index (κ1) is 19.6. The first-order valence-corrected chi connectivity index (χ1v) is 11.6. The first-order chi connectivity index (χ1) is 17.4. The second kappa shape index (κ2) is 7.89. The van der Waals surface area contributed by atoms with Gasteiger partial charge >= 0.3 is 0 Å². The van der Waals surface area contributed by atoms with Crippen molar-refractivity contribution in [2.75, 3.05) is 0 Å². The number of nitrogens with zero attached hydrogens (tertiary/aromatic N) is 4. The lowest BCUT2D eigenvalue weighted by Gasteiger charge is -2.11. The quantitative estimate of drug-likeness (QED) is 0.282. The van der Waals surface area contributed by atoms with Gasteiger partial charge in [0, 0.05) is 39.2 Å². The molecule has 0 aliphatic carbocycles. The van der Waals surface area contributed by atoms with E-state index in [0.29, 0.717) is 11.5 Å². The highest BCUT2D eigenvalue weighted by atomic mass is 15.0. The largest absolute Gasteiger partial charge is 0.309 e. The Balaban J connectivity index is 1.39. The molecule has 0 radical (unpaired) electrons. The summed E-state index contributed by atoms with van der Waals surface area (Å²) in [6.07, 6.45) is 1.78. The van der Waals surface area contributed by atoms with Gasteiger partial charge in [-0.3, -0.25) is 0 Å². The molecule has 0 saturated carbocycles. The Morgan fingerprint density at radius 3 is 1.83 bits per heavy atom. The van der Waals surface area contributed by atoms with Crippen molar-refractivity contribution in [3.8, 4) is 28.3 Å². The Morgan fingerprint density at radius 2 is 1.11 bits per heavy atom. The van der Waals surface area contributed by atoms with Crippen LogP contribution in [0, 0.1) is 0 Å². The van der Waals surface area contributed by atoms with Crippen LogP contribution in [0.1, 0.15) is 0 Å². The van der Waals surface area contributed by atoms with E-state index >= 15 is 0 Å². The molecule has 0 unspecified atom stereocenters. The van der Waals surface area contributed by atoms with Gasteiger partial charge in [-0.05, 0) is 48.5 Å². The fourth-order valence-corrected chi connectivity index (χ4v) is 4.87. The average molecular weight is 449 g/mol. The molecule has 4 heteroatoms. The molecule has 4 nitrogen and oxygen atoms in total. The summed E-state index contributed by atoms with van der Waals surface area (Å²) >= 11 is 0. The van der Waals surface area contributed by atoms with Crippen molar-refractivity contribution in [2.45, 2.75) is 0 Å². The minimum Gasteiger partial charge on any atom is -0.309 e. The van der Waals surface area contributed by atoms with Gasteiger partial charge in [0.15, 0.2) is 11.5 Å². The summed E-state index contributed by atoms with van der Waals surface area (Å²) in [7, 11) is 0. The van der Waals surface area contributed by atoms with Crippen molar-refractivity contribution in [3.63, 3.8) is 0 Å². The standard InChI is InChI=1S/C31H20N4/c1-2-9-21(10-3-1)29-26-13-8-20-32-31(26)34-30(33-29)22-16-18-23(19-17-22)35-27-14-6-4-11-24(27)25-12-5-7-15-28(25)35/h1-20H. The van der Waals surface area contributed by atoms with Crippen LogP contribution >= 0.6 is 0 Å². The lowest BCUT2D eigenvalue weighted by molar-refractivity contribution is 1.17. The molecule has 164 valence electrons.